The van der Waals surface area contributed by atoms with Crippen LogP contribution >= 0.6 is 0 Å². The van der Waals surface area contributed by atoms with Crippen molar-refractivity contribution in [3.8, 4) is 5.75 Å². The van der Waals surface area contributed by atoms with E-state index in [0.717, 1.165) is 28.0 Å². The topological polar surface area (TPSA) is 35.2 Å². The molecule has 2 nitrogen and oxygen atoms in total. The molecule has 3 heteroatoms. The highest BCUT2D eigenvalue weighted by molar-refractivity contribution is 5.43. The van der Waals surface area contributed by atoms with Gasteiger partial charge in [-0.15, -0.1) is 0 Å². The van der Waals surface area contributed by atoms with Crippen molar-refractivity contribution in [1.82, 2.24) is 0 Å². The lowest BCUT2D eigenvalue weighted by molar-refractivity contribution is 0.414. The quantitative estimate of drug-likeness (QED) is 0.915. The molecule has 0 aromatic heterocycles. The van der Waals surface area contributed by atoms with E-state index < -0.39 is 0 Å². The third kappa shape index (κ3) is 2.76. The summed E-state index contributed by atoms with van der Waals surface area (Å²) in [5.74, 6) is 0.573. The molecule has 0 saturated carbocycles. The van der Waals surface area contributed by atoms with Gasteiger partial charge in [-0.3, -0.25) is 0 Å². The Kier molecular flexibility index (Phi) is 3.86. The molecular weight excluding hydrogens is 241 g/mol. The molecule has 100 valence electrons. The van der Waals surface area contributed by atoms with Crippen molar-refractivity contribution < 1.29 is 9.13 Å². The van der Waals surface area contributed by atoms with Crippen molar-refractivity contribution in [1.29, 1.82) is 0 Å². The van der Waals surface area contributed by atoms with Crippen molar-refractivity contribution >= 4 is 0 Å². The van der Waals surface area contributed by atoms with Crippen molar-refractivity contribution in [3.63, 3.8) is 0 Å². The molecule has 0 saturated heterocycles. The SMILES string of the molecule is COc1ccc(C(N)c2ccc(F)cc2C)c(C)c1. The summed E-state index contributed by atoms with van der Waals surface area (Å²) in [5.41, 5.74) is 10.2. The molecule has 2 aromatic carbocycles. The number of hydrogen-bond acceptors (Lipinski definition) is 2. The minimum Gasteiger partial charge on any atom is -0.497 e. The van der Waals surface area contributed by atoms with E-state index in [4.69, 9.17) is 10.5 Å². The molecule has 2 aromatic rings. The Morgan fingerprint density at radius 1 is 1.00 bits per heavy atom. The zero-order chi connectivity index (χ0) is 14.0. The molecule has 0 aliphatic carbocycles. The van der Waals surface area contributed by atoms with Crippen LogP contribution in [0.3, 0.4) is 0 Å². The minimum absolute atomic E-state index is 0.236. The van der Waals surface area contributed by atoms with Crippen LogP contribution in [0.5, 0.6) is 5.75 Å². The van der Waals surface area contributed by atoms with E-state index in [2.05, 4.69) is 0 Å². The Morgan fingerprint density at radius 2 is 1.58 bits per heavy atom. The molecule has 1 unspecified atom stereocenters. The maximum atomic E-state index is 13.1. The van der Waals surface area contributed by atoms with Gasteiger partial charge in [0.2, 0.25) is 0 Å². The number of halogens is 1. The number of methoxy groups -OCH3 is 1. The van der Waals surface area contributed by atoms with Gasteiger partial charge in [-0.25, -0.2) is 4.39 Å². The summed E-state index contributed by atoms with van der Waals surface area (Å²) in [6.07, 6.45) is 0. The minimum atomic E-state index is -0.258. The molecule has 1 atom stereocenters. The van der Waals surface area contributed by atoms with Gasteiger partial charge in [0.05, 0.1) is 13.2 Å². The monoisotopic (exact) mass is 259 g/mol. The predicted octanol–water partition coefficient (Wildman–Crippen LogP) is 3.50. The van der Waals surface area contributed by atoms with Crippen LogP contribution in [0.1, 0.15) is 28.3 Å². The fraction of sp³-hybridized carbons (Fsp3) is 0.250. The number of benzene rings is 2. The molecule has 2 N–H and O–H groups in total. The summed E-state index contributed by atoms with van der Waals surface area (Å²) in [6.45, 7) is 3.87. The molecule has 19 heavy (non-hydrogen) atoms. The zero-order valence-electron chi connectivity index (χ0n) is 11.4. The van der Waals surface area contributed by atoms with Gasteiger partial charge < -0.3 is 10.5 Å². The third-order valence-electron chi connectivity index (χ3n) is 3.38. The van der Waals surface area contributed by atoms with Crippen LogP contribution < -0.4 is 10.5 Å². The summed E-state index contributed by atoms with van der Waals surface area (Å²) in [5, 5.41) is 0. The molecular formula is C16H18FNO. The lowest BCUT2D eigenvalue weighted by Gasteiger charge is -2.18. The summed E-state index contributed by atoms with van der Waals surface area (Å²) < 4.78 is 18.3. The largest absolute Gasteiger partial charge is 0.497 e. The Hall–Kier alpha value is -1.87. The molecule has 0 fully saturated rings. The van der Waals surface area contributed by atoms with E-state index in [9.17, 15) is 4.39 Å². The molecule has 0 bridgehead atoms. The van der Waals surface area contributed by atoms with E-state index in [1.807, 2.05) is 32.0 Å². The summed E-state index contributed by atoms with van der Waals surface area (Å²) in [7, 11) is 1.64. The molecule has 2 rings (SSSR count). The first-order chi connectivity index (χ1) is 9.02. The molecule has 0 amide bonds. The second-order valence-corrected chi connectivity index (χ2v) is 4.70. The van der Waals surface area contributed by atoms with Crippen molar-refractivity contribution in [3.05, 3.63) is 64.5 Å². The van der Waals surface area contributed by atoms with E-state index in [1.165, 1.54) is 12.1 Å². The zero-order valence-corrected chi connectivity index (χ0v) is 11.4. The van der Waals surface area contributed by atoms with E-state index in [1.54, 1.807) is 13.2 Å². The van der Waals surface area contributed by atoms with Crippen molar-refractivity contribution in [2.45, 2.75) is 19.9 Å². The van der Waals surface area contributed by atoms with Gasteiger partial charge in [0.15, 0.2) is 0 Å². The Balaban J connectivity index is 2.41. The fourth-order valence-electron chi connectivity index (χ4n) is 2.28. The van der Waals surface area contributed by atoms with Crippen LogP contribution in [0.4, 0.5) is 4.39 Å². The number of hydrogen-bond donors (Lipinski definition) is 1. The maximum absolute atomic E-state index is 13.1. The second kappa shape index (κ2) is 5.41. The molecule has 0 radical (unpaired) electrons. The predicted molar refractivity (Wildman–Crippen MR) is 74.9 cm³/mol. The number of nitrogens with two attached hydrogens (primary N) is 1. The lowest BCUT2D eigenvalue weighted by atomic mass is 9.93. The maximum Gasteiger partial charge on any atom is 0.123 e. The smallest absolute Gasteiger partial charge is 0.123 e. The second-order valence-electron chi connectivity index (χ2n) is 4.70. The van der Waals surface area contributed by atoms with Gasteiger partial charge in [-0.1, -0.05) is 12.1 Å². The van der Waals surface area contributed by atoms with E-state index >= 15 is 0 Å². The lowest BCUT2D eigenvalue weighted by Crippen LogP contribution is -2.14. The highest BCUT2D eigenvalue weighted by Gasteiger charge is 2.14. The van der Waals surface area contributed by atoms with Gasteiger partial charge in [0, 0.05) is 0 Å². The standard InChI is InChI=1S/C16H18FNO/c1-10-8-12(17)4-6-14(10)16(18)15-7-5-13(19-3)9-11(15)2/h4-9,16H,18H2,1-3H3. The first-order valence-corrected chi connectivity index (χ1v) is 6.19. The molecule has 0 heterocycles. The number of aryl methyl sites for hydroxylation is 2. The summed E-state index contributed by atoms with van der Waals surface area (Å²) in [6, 6.07) is 10.2. The van der Waals surface area contributed by atoms with Gasteiger partial charge in [0.1, 0.15) is 11.6 Å². The average molecular weight is 259 g/mol. The van der Waals surface area contributed by atoms with Gasteiger partial charge in [-0.05, 0) is 60.4 Å². The van der Waals surface area contributed by atoms with Crippen LogP contribution in [0.2, 0.25) is 0 Å². The third-order valence-corrected chi connectivity index (χ3v) is 3.38. The highest BCUT2D eigenvalue weighted by atomic mass is 19.1. The normalized spacial score (nSPS) is 12.3. The molecule has 0 spiro atoms. The molecule has 0 aliphatic rings. The molecule has 0 aliphatic heterocycles. The first kappa shape index (κ1) is 13.6. The van der Waals surface area contributed by atoms with Gasteiger partial charge in [0.25, 0.3) is 0 Å². The number of rotatable bonds is 3. The Morgan fingerprint density at radius 3 is 2.11 bits per heavy atom. The van der Waals surface area contributed by atoms with Crippen LogP contribution in [0.25, 0.3) is 0 Å². The first-order valence-electron chi connectivity index (χ1n) is 6.19. The van der Waals surface area contributed by atoms with Crippen LogP contribution in [-0.2, 0) is 0 Å². The van der Waals surface area contributed by atoms with Crippen molar-refractivity contribution in [2.24, 2.45) is 5.73 Å². The van der Waals surface area contributed by atoms with Gasteiger partial charge >= 0.3 is 0 Å². The van der Waals surface area contributed by atoms with Crippen LogP contribution in [0, 0.1) is 19.7 Å². The van der Waals surface area contributed by atoms with Crippen LogP contribution in [0.15, 0.2) is 36.4 Å². The summed E-state index contributed by atoms with van der Waals surface area (Å²) in [4.78, 5) is 0. The van der Waals surface area contributed by atoms with Gasteiger partial charge in [-0.2, -0.15) is 0 Å². The van der Waals surface area contributed by atoms with Crippen molar-refractivity contribution in [2.75, 3.05) is 7.11 Å². The van der Waals surface area contributed by atoms with Crippen LogP contribution in [-0.4, -0.2) is 7.11 Å². The van der Waals surface area contributed by atoms with E-state index in [-0.39, 0.29) is 11.9 Å². The summed E-state index contributed by atoms with van der Waals surface area (Å²) >= 11 is 0. The number of ether oxygens (including phenoxy) is 1. The Labute approximate surface area is 113 Å². The van der Waals surface area contributed by atoms with E-state index in [0.29, 0.717) is 0 Å². The fourth-order valence-corrected chi connectivity index (χ4v) is 2.28. The average Bonchev–Trinajstić information content (AvgIpc) is 2.37. The Bertz CT molecular complexity index is 595. The highest BCUT2D eigenvalue weighted by Crippen LogP contribution is 2.27.